The Morgan fingerprint density at radius 3 is 2.55 bits per heavy atom. The van der Waals surface area contributed by atoms with Crippen molar-refractivity contribution in [3.05, 3.63) is 53.1 Å². The molecule has 2 aromatic carbocycles. The van der Waals surface area contributed by atoms with Crippen molar-refractivity contribution in [1.82, 2.24) is 18.9 Å². The predicted molar refractivity (Wildman–Crippen MR) is 152 cm³/mol. The van der Waals surface area contributed by atoms with Gasteiger partial charge in [0, 0.05) is 48.6 Å². The van der Waals surface area contributed by atoms with Crippen molar-refractivity contribution in [2.24, 2.45) is 5.73 Å². The molecule has 40 heavy (non-hydrogen) atoms. The number of phenols is 1. The van der Waals surface area contributed by atoms with Crippen molar-refractivity contribution >= 4 is 39.8 Å². The van der Waals surface area contributed by atoms with Gasteiger partial charge in [0.2, 0.25) is 0 Å². The number of hydrogen-bond donors (Lipinski definition) is 4. The molecular formula is C29H33N5O5S. The highest BCUT2D eigenvalue weighted by Gasteiger charge is 2.59. The molecule has 2 heterocycles. The topological polar surface area (TPSA) is 147 Å². The zero-order valence-electron chi connectivity index (χ0n) is 22.5. The van der Waals surface area contributed by atoms with Gasteiger partial charge in [0.1, 0.15) is 5.75 Å². The normalized spacial score (nSPS) is 22.5. The van der Waals surface area contributed by atoms with Gasteiger partial charge in [0.15, 0.2) is 11.2 Å². The van der Waals surface area contributed by atoms with Gasteiger partial charge in [0.05, 0.1) is 11.2 Å². The van der Waals surface area contributed by atoms with Crippen LogP contribution >= 0.6 is 0 Å². The molecule has 2 fully saturated rings. The number of nitrogens with two attached hydrogens (primary N) is 1. The number of hydrogen-bond acceptors (Lipinski definition) is 5. The van der Waals surface area contributed by atoms with Crippen molar-refractivity contribution in [3.63, 3.8) is 0 Å². The van der Waals surface area contributed by atoms with Gasteiger partial charge in [-0.2, -0.15) is 0 Å². The van der Waals surface area contributed by atoms with E-state index in [2.05, 4.69) is 14.6 Å². The number of aromatic hydroxyl groups is 1. The average molecular weight is 564 g/mol. The minimum absolute atomic E-state index is 0.110. The molecule has 6 rings (SSSR count). The van der Waals surface area contributed by atoms with Crippen LogP contribution in [0.25, 0.3) is 22.2 Å². The summed E-state index contributed by atoms with van der Waals surface area (Å²) < 4.78 is 18.4. The van der Waals surface area contributed by atoms with Crippen LogP contribution in [-0.2, 0) is 27.3 Å². The van der Waals surface area contributed by atoms with Gasteiger partial charge in [-0.05, 0) is 66.6 Å². The number of primary amides is 1. The molecule has 0 saturated heterocycles. The Balaban J connectivity index is 1.58. The monoisotopic (exact) mass is 563 g/mol. The molecule has 3 aliphatic rings. The minimum Gasteiger partial charge on any atom is -0.508 e. The molecule has 10 nitrogen and oxygen atoms in total. The van der Waals surface area contributed by atoms with E-state index >= 15 is 0 Å². The van der Waals surface area contributed by atoms with Gasteiger partial charge in [-0.1, -0.05) is 25.3 Å². The van der Waals surface area contributed by atoms with E-state index in [1.54, 1.807) is 32.3 Å². The lowest BCUT2D eigenvalue weighted by atomic mass is 9.81. The van der Waals surface area contributed by atoms with Crippen LogP contribution in [0.4, 0.5) is 0 Å². The molecule has 3 aromatic rings. The van der Waals surface area contributed by atoms with Gasteiger partial charge in [-0.3, -0.25) is 19.1 Å². The lowest BCUT2D eigenvalue weighted by molar-refractivity contribution is -0.138. The van der Waals surface area contributed by atoms with E-state index in [4.69, 9.17) is 5.73 Å². The molecule has 1 aromatic heterocycles. The first kappa shape index (κ1) is 26.5. The standard InChI is InChI=1S/C29H33N5O5S/c1-33(2)40(39)32-27(37)17-8-10-20-23(12-17)34-15-29(31-28(38)26(30)36)14-22(29)21-13-18(35)9-11-19(21)25(34)24(20)16-6-4-3-5-7-16/h8-13,16,22,35H,3-7,14-15H2,1-2H3,(H2,30,36)(H,31,38)(H,32,37). The fourth-order valence-corrected chi connectivity index (χ4v) is 7.15. The summed E-state index contributed by atoms with van der Waals surface area (Å²) in [6, 6.07) is 10.9. The van der Waals surface area contributed by atoms with Gasteiger partial charge in [-0.15, -0.1) is 0 Å². The zero-order chi connectivity index (χ0) is 28.3. The van der Waals surface area contributed by atoms with Crippen molar-refractivity contribution in [2.75, 3.05) is 14.1 Å². The third kappa shape index (κ3) is 4.37. The summed E-state index contributed by atoms with van der Waals surface area (Å²) in [4.78, 5) is 37.3. The minimum atomic E-state index is -1.68. The number of rotatable bonds is 5. The lowest BCUT2D eigenvalue weighted by Gasteiger charge is -2.24. The molecular weight excluding hydrogens is 530 g/mol. The van der Waals surface area contributed by atoms with E-state index in [0.717, 1.165) is 53.4 Å². The van der Waals surface area contributed by atoms with Crippen LogP contribution in [0.5, 0.6) is 5.75 Å². The van der Waals surface area contributed by atoms with Crippen LogP contribution in [0.3, 0.4) is 0 Å². The lowest BCUT2D eigenvalue weighted by Crippen LogP contribution is -2.46. The van der Waals surface area contributed by atoms with E-state index in [0.29, 0.717) is 24.4 Å². The van der Waals surface area contributed by atoms with E-state index in [9.17, 15) is 23.7 Å². The van der Waals surface area contributed by atoms with Crippen LogP contribution in [0.15, 0.2) is 36.4 Å². The van der Waals surface area contributed by atoms with Gasteiger partial charge >= 0.3 is 11.8 Å². The smallest absolute Gasteiger partial charge is 0.309 e. The van der Waals surface area contributed by atoms with Crippen LogP contribution in [0.1, 0.15) is 71.8 Å². The molecule has 0 spiro atoms. The molecule has 3 atom stereocenters. The third-order valence-electron chi connectivity index (χ3n) is 8.66. The number of phenolic OH excluding ortho intramolecular Hbond substituents is 1. The Hall–Kier alpha value is -3.70. The number of nitrogens with one attached hydrogen (secondary N) is 2. The third-order valence-corrected chi connectivity index (χ3v) is 9.68. The van der Waals surface area contributed by atoms with E-state index in [-0.39, 0.29) is 11.7 Å². The van der Waals surface area contributed by atoms with E-state index in [1.807, 2.05) is 18.2 Å². The second kappa shape index (κ2) is 9.74. The molecule has 0 radical (unpaired) electrons. The largest absolute Gasteiger partial charge is 0.508 e. The Morgan fingerprint density at radius 2 is 1.85 bits per heavy atom. The molecule has 3 amide bonds. The first-order valence-electron chi connectivity index (χ1n) is 13.6. The van der Waals surface area contributed by atoms with Gasteiger partial charge in [0.25, 0.3) is 5.91 Å². The maximum Gasteiger partial charge on any atom is 0.309 e. The molecule has 5 N–H and O–H groups in total. The second-order valence-electron chi connectivity index (χ2n) is 11.4. The van der Waals surface area contributed by atoms with Crippen molar-refractivity contribution < 1.29 is 23.7 Å². The Bertz CT molecular complexity index is 1590. The van der Waals surface area contributed by atoms with Crippen molar-refractivity contribution in [3.8, 4) is 17.0 Å². The zero-order valence-corrected chi connectivity index (χ0v) is 23.3. The maximum absolute atomic E-state index is 13.1. The van der Waals surface area contributed by atoms with E-state index in [1.165, 1.54) is 16.3 Å². The van der Waals surface area contributed by atoms with Crippen molar-refractivity contribution in [2.45, 2.75) is 62.4 Å². The summed E-state index contributed by atoms with van der Waals surface area (Å²) in [6.07, 6.45) is 6.16. The molecule has 11 heteroatoms. The summed E-state index contributed by atoms with van der Waals surface area (Å²) in [5.74, 6) is -2.00. The number of aromatic nitrogens is 1. The molecule has 3 unspecified atom stereocenters. The number of carbonyl (C=O) groups is 3. The highest BCUT2D eigenvalue weighted by Crippen LogP contribution is 2.59. The molecule has 0 bridgehead atoms. The summed E-state index contributed by atoms with van der Waals surface area (Å²) in [5, 5.41) is 14.4. The molecule has 2 aliphatic carbocycles. The number of nitrogens with zero attached hydrogens (tertiary/aromatic N) is 2. The van der Waals surface area contributed by atoms with Crippen LogP contribution in [-0.4, -0.2) is 55.5 Å². The SMILES string of the molecule is CN(C)S(=O)NC(=O)c1ccc2c(C3CCCCC3)c3n(c2c1)CC1(NC(=O)C(N)=O)CC1c1cc(O)ccc1-3. The number of carbonyl (C=O) groups excluding carboxylic acids is 3. The average Bonchev–Trinajstić information content (AvgIpc) is 3.56. The van der Waals surface area contributed by atoms with Gasteiger partial charge < -0.3 is 20.7 Å². The Morgan fingerprint density at radius 1 is 1.10 bits per heavy atom. The summed E-state index contributed by atoms with van der Waals surface area (Å²) in [5.41, 5.74) is 9.89. The number of amides is 3. The molecule has 210 valence electrons. The Labute approximate surface area is 234 Å². The van der Waals surface area contributed by atoms with Crippen LogP contribution in [0, 0.1) is 0 Å². The predicted octanol–water partition coefficient (Wildman–Crippen LogP) is 2.77. The maximum atomic E-state index is 13.1. The summed E-state index contributed by atoms with van der Waals surface area (Å²) >= 11 is -1.68. The fourth-order valence-electron chi connectivity index (χ4n) is 6.70. The quantitative estimate of drug-likeness (QED) is 0.353. The highest BCUT2D eigenvalue weighted by molar-refractivity contribution is 7.81. The number of benzene rings is 2. The number of fused-ring (bicyclic) bond motifs is 7. The van der Waals surface area contributed by atoms with Crippen LogP contribution in [0.2, 0.25) is 0 Å². The highest BCUT2D eigenvalue weighted by atomic mass is 32.2. The second-order valence-corrected chi connectivity index (χ2v) is 12.8. The Kier molecular flexibility index (Phi) is 6.46. The van der Waals surface area contributed by atoms with Gasteiger partial charge in [-0.25, -0.2) is 8.51 Å². The molecule has 2 saturated carbocycles. The first-order valence-corrected chi connectivity index (χ1v) is 14.7. The van der Waals surface area contributed by atoms with Crippen molar-refractivity contribution in [1.29, 1.82) is 0 Å². The van der Waals surface area contributed by atoms with E-state index < -0.39 is 34.4 Å². The van der Waals surface area contributed by atoms with Crippen LogP contribution < -0.4 is 15.8 Å². The first-order chi connectivity index (χ1) is 19.1. The molecule has 1 aliphatic heterocycles. The summed E-state index contributed by atoms with van der Waals surface area (Å²) in [7, 11) is 3.23. The fraction of sp³-hybridized carbons (Fsp3) is 0.414. The summed E-state index contributed by atoms with van der Waals surface area (Å²) in [6.45, 7) is 0.374.